The number of carboxylic acids is 1. The van der Waals surface area contributed by atoms with E-state index in [0.717, 1.165) is 5.56 Å². The molecule has 1 rings (SSSR count). The lowest BCUT2D eigenvalue weighted by Gasteiger charge is -2.31. The van der Waals surface area contributed by atoms with Gasteiger partial charge in [-0.05, 0) is 26.3 Å². The van der Waals surface area contributed by atoms with Crippen molar-refractivity contribution in [1.29, 1.82) is 0 Å². The number of rotatable bonds is 7. The van der Waals surface area contributed by atoms with Gasteiger partial charge in [0.05, 0.1) is 0 Å². The summed E-state index contributed by atoms with van der Waals surface area (Å²) in [4.78, 5) is 35.9. The Kier molecular flexibility index (Phi) is 7.42. The van der Waals surface area contributed by atoms with Gasteiger partial charge in [-0.2, -0.15) is 0 Å². The molecular weight excluding hydrogens is 340 g/mol. The monoisotopic (exact) mass is 366 g/mol. The Labute approximate surface area is 152 Å². The third-order valence-corrected chi connectivity index (χ3v) is 3.23. The highest BCUT2D eigenvalue weighted by atomic mass is 16.6. The predicted octanol–water partition coefficient (Wildman–Crippen LogP) is 3.02. The van der Waals surface area contributed by atoms with Crippen molar-refractivity contribution in [3.63, 3.8) is 0 Å². The van der Waals surface area contributed by atoms with Gasteiger partial charge in [0.15, 0.2) is 0 Å². The summed E-state index contributed by atoms with van der Waals surface area (Å²) in [5, 5.41) is 14.1. The molecule has 0 aliphatic heterocycles. The van der Waals surface area contributed by atoms with Gasteiger partial charge in [0, 0.05) is 6.42 Å². The zero-order valence-electron chi connectivity index (χ0n) is 15.5. The third-order valence-electron chi connectivity index (χ3n) is 3.23. The van der Waals surface area contributed by atoms with E-state index in [2.05, 4.69) is 10.6 Å². The summed E-state index contributed by atoms with van der Waals surface area (Å²) in [7, 11) is 0. The third kappa shape index (κ3) is 7.00. The summed E-state index contributed by atoms with van der Waals surface area (Å²) in [6.45, 7) is 6.65. The van der Waals surface area contributed by atoms with Crippen LogP contribution < -0.4 is 10.6 Å². The minimum absolute atomic E-state index is 0.0269. The van der Waals surface area contributed by atoms with Gasteiger partial charge in [0.25, 0.3) is 0 Å². The number of carbonyl (C=O) groups excluding carboxylic acids is 2. The Morgan fingerprint density at radius 2 is 1.62 bits per heavy atom. The highest BCUT2D eigenvalue weighted by Crippen LogP contribution is 2.14. The number of benzene rings is 1. The zero-order chi connectivity index (χ0) is 19.8. The number of aliphatic carboxylic acids is 1. The molecule has 26 heavy (non-hydrogen) atoms. The van der Waals surface area contributed by atoms with Crippen LogP contribution in [0.1, 0.15) is 46.1 Å². The van der Waals surface area contributed by atoms with Crippen LogP contribution in [0.15, 0.2) is 30.3 Å². The maximum atomic E-state index is 12.1. The number of nitrogens with one attached hydrogen (secondary N) is 2. The first kappa shape index (κ1) is 21.3. The van der Waals surface area contributed by atoms with E-state index in [1.54, 1.807) is 52.0 Å². The molecule has 0 fully saturated rings. The molecule has 3 N–H and O–H groups in total. The molecular formula is C18H26N2O6. The Morgan fingerprint density at radius 1 is 1.04 bits per heavy atom. The molecule has 0 aliphatic carbocycles. The van der Waals surface area contributed by atoms with Crippen LogP contribution in [0.2, 0.25) is 0 Å². The van der Waals surface area contributed by atoms with E-state index in [4.69, 9.17) is 9.47 Å². The van der Waals surface area contributed by atoms with E-state index in [9.17, 15) is 19.5 Å². The highest BCUT2D eigenvalue weighted by Gasteiger charge is 2.42. The minimum atomic E-state index is -2.02. The van der Waals surface area contributed by atoms with Crippen molar-refractivity contribution in [3.8, 4) is 0 Å². The molecule has 0 saturated heterocycles. The van der Waals surface area contributed by atoms with Crippen LogP contribution >= 0.6 is 0 Å². The van der Waals surface area contributed by atoms with Gasteiger partial charge in [0.1, 0.15) is 12.2 Å². The maximum Gasteiger partial charge on any atom is 0.409 e. The van der Waals surface area contributed by atoms with Crippen molar-refractivity contribution in [2.24, 2.45) is 0 Å². The molecule has 0 aliphatic rings. The van der Waals surface area contributed by atoms with Crippen molar-refractivity contribution < 1.29 is 29.0 Å². The molecule has 1 atom stereocenters. The average Bonchev–Trinajstić information content (AvgIpc) is 2.52. The van der Waals surface area contributed by atoms with Crippen LogP contribution in [0.25, 0.3) is 0 Å². The van der Waals surface area contributed by atoms with Crippen LogP contribution in [-0.4, -0.2) is 34.5 Å². The Bertz CT molecular complexity index is 626. The Morgan fingerprint density at radius 3 is 2.12 bits per heavy atom. The van der Waals surface area contributed by atoms with Crippen LogP contribution in [0, 0.1) is 0 Å². The van der Waals surface area contributed by atoms with Crippen LogP contribution in [0.3, 0.4) is 0 Å². The minimum Gasteiger partial charge on any atom is -0.478 e. The number of amides is 2. The first-order chi connectivity index (χ1) is 12.1. The summed E-state index contributed by atoms with van der Waals surface area (Å²) in [5.41, 5.74) is -2.08. The van der Waals surface area contributed by atoms with Crippen LogP contribution in [0.5, 0.6) is 0 Å². The Hall–Kier alpha value is -2.77. The normalized spacial score (nSPS) is 13.2. The van der Waals surface area contributed by atoms with E-state index in [0.29, 0.717) is 6.42 Å². The van der Waals surface area contributed by atoms with Crippen molar-refractivity contribution in [2.75, 3.05) is 0 Å². The molecule has 0 bridgehead atoms. The van der Waals surface area contributed by atoms with Gasteiger partial charge in [-0.25, -0.2) is 14.4 Å². The molecule has 2 amide bonds. The second kappa shape index (κ2) is 9.07. The van der Waals surface area contributed by atoms with Crippen LogP contribution in [-0.2, 0) is 20.9 Å². The molecule has 1 aromatic carbocycles. The molecule has 8 nitrogen and oxygen atoms in total. The van der Waals surface area contributed by atoms with Gasteiger partial charge < -0.3 is 14.6 Å². The van der Waals surface area contributed by atoms with Gasteiger partial charge in [-0.15, -0.1) is 0 Å². The van der Waals surface area contributed by atoms with Crippen molar-refractivity contribution in [2.45, 2.75) is 58.4 Å². The van der Waals surface area contributed by atoms with Gasteiger partial charge in [-0.3, -0.25) is 10.6 Å². The van der Waals surface area contributed by atoms with Crippen molar-refractivity contribution in [1.82, 2.24) is 10.6 Å². The number of carbonyl (C=O) groups is 3. The zero-order valence-corrected chi connectivity index (χ0v) is 15.5. The van der Waals surface area contributed by atoms with Gasteiger partial charge in [-0.1, -0.05) is 43.7 Å². The fourth-order valence-corrected chi connectivity index (χ4v) is 2.16. The van der Waals surface area contributed by atoms with E-state index >= 15 is 0 Å². The first-order valence-electron chi connectivity index (χ1n) is 8.31. The fourth-order valence-electron chi connectivity index (χ4n) is 2.16. The molecule has 8 heteroatoms. The molecule has 0 radical (unpaired) electrons. The molecule has 144 valence electrons. The topological polar surface area (TPSA) is 114 Å². The maximum absolute atomic E-state index is 12.1. The number of hydrogen-bond acceptors (Lipinski definition) is 5. The van der Waals surface area contributed by atoms with E-state index in [1.807, 2.05) is 6.07 Å². The lowest BCUT2D eigenvalue weighted by Crippen LogP contribution is -2.66. The summed E-state index contributed by atoms with van der Waals surface area (Å²) in [6, 6.07) is 8.94. The first-order valence-corrected chi connectivity index (χ1v) is 8.31. The number of hydrogen-bond donors (Lipinski definition) is 3. The van der Waals surface area contributed by atoms with E-state index in [-0.39, 0.29) is 13.0 Å². The summed E-state index contributed by atoms with van der Waals surface area (Å²) in [5.74, 6) is -1.41. The number of carboxylic acid groups (broad SMARTS) is 1. The lowest BCUT2D eigenvalue weighted by molar-refractivity contribution is -0.146. The van der Waals surface area contributed by atoms with E-state index in [1.165, 1.54) is 0 Å². The fraction of sp³-hybridized carbons (Fsp3) is 0.500. The summed E-state index contributed by atoms with van der Waals surface area (Å²) >= 11 is 0. The molecule has 0 aromatic heterocycles. The van der Waals surface area contributed by atoms with Crippen molar-refractivity contribution in [3.05, 3.63) is 35.9 Å². The number of ether oxygens (including phenoxy) is 2. The quantitative estimate of drug-likeness (QED) is 0.639. The molecule has 1 aromatic rings. The molecule has 1 unspecified atom stereocenters. The summed E-state index contributed by atoms with van der Waals surface area (Å²) in [6.07, 6.45) is -1.55. The lowest BCUT2D eigenvalue weighted by atomic mass is 10.0. The van der Waals surface area contributed by atoms with Crippen LogP contribution in [0.4, 0.5) is 9.59 Å². The predicted molar refractivity (Wildman–Crippen MR) is 94.4 cm³/mol. The Balaban J connectivity index is 2.82. The standard InChI is InChI=1S/C18H26N2O6/c1-5-11-18(14(21)22,20-16(24)26-17(2,3)4)19-15(23)25-12-13-9-7-6-8-10-13/h6-10H,5,11-12H2,1-4H3,(H,19,23)(H,20,24)(H,21,22). The molecule has 0 spiro atoms. The number of alkyl carbamates (subject to hydrolysis) is 2. The van der Waals surface area contributed by atoms with E-state index < -0.39 is 29.4 Å². The SMILES string of the molecule is CCCC(NC(=O)OCc1ccccc1)(NC(=O)OC(C)(C)C)C(=O)O. The smallest absolute Gasteiger partial charge is 0.409 e. The summed E-state index contributed by atoms with van der Waals surface area (Å²) < 4.78 is 10.2. The second-order valence-corrected chi connectivity index (χ2v) is 6.77. The van der Waals surface area contributed by atoms with Crippen molar-refractivity contribution >= 4 is 18.2 Å². The van der Waals surface area contributed by atoms with Gasteiger partial charge >= 0.3 is 18.2 Å². The molecule has 0 heterocycles. The largest absolute Gasteiger partial charge is 0.478 e. The molecule has 0 saturated carbocycles. The van der Waals surface area contributed by atoms with Gasteiger partial charge in [0.2, 0.25) is 5.66 Å². The second-order valence-electron chi connectivity index (χ2n) is 6.77. The average molecular weight is 366 g/mol. The highest BCUT2D eigenvalue weighted by molar-refractivity contribution is 5.88.